The molecule has 2 aromatic carbocycles. The van der Waals surface area contributed by atoms with Gasteiger partial charge in [-0.25, -0.2) is 0 Å². The molecule has 0 radical (unpaired) electrons. The molecule has 1 nitrogen and oxygen atoms in total. The van der Waals surface area contributed by atoms with Crippen molar-refractivity contribution in [2.75, 3.05) is 0 Å². The Morgan fingerprint density at radius 1 is 0.667 bits per heavy atom. The van der Waals surface area contributed by atoms with Crippen molar-refractivity contribution in [3.8, 4) is 22.4 Å². The number of nitrogens with zero attached hydrogens (tertiary/aromatic N) is 1. The van der Waals surface area contributed by atoms with Crippen LogP contribution in [0.5, 0.6) is 0 Å². The first-order valence-electron chi connectivity index (χ1n) is 7.27. The van der Waals surface area contributed by atoms with Crippen LogP contribution >= 0.6 is 0 Å². The summed E-state index contributed by atoms with van der Waals surface area (Å²) in [6, 6.07) is 18.6. The predicted octanol–water partition coefficient (Wildman–Crippen LogP) is 4.42. The van der Waals surface area contributed by atoms with E-state index in [-0.39, 0.29) is 18.3 Å². The van der Waals surface area contributed by atoms with E-state index < -0.39 is 0 Å². The molecule has 3 aromatic rings. The molecular formula is C17H13N. The van der Waals surface area contributed by atoms with Gasteiger partial charge in [-0.05, 0) is 11.6 Å². The van der Waals surface area contributed by atoms with Gasteiger partial charge in [-0.1, -0.05) is 66.7 Å². The van der Waals surface area contributed by atoms with E-state index in [1.54, 1.807) is 0 Å². The first kappa shape index (κ1) is 7.83. The minimum atomic E-state index is 0.0288. The van der Waals surface area contributed by atoms with E-state index in [0.29, 0.717) is 11.3 Å². The molecule has 3 rings (SSSR count). The Labute approximate surface area is 111 Å². The number of rotatable bonds is 2. The predicted molar refractivity (Wildman–Crippen MR) is 75.1 cm³/mol. The smallest absolute Gasteiger partial charge is 0.0847 e. The minimum absolute atomic E-state index is 0.0288. The van der Waals surface area contributed by atoms with Crippen LogP contribution in [-0.4, -0.2) is 4.98 Å². The largest absolute Gasteiger partial charge is 0.256 e. The highest BCUT2D eigenvalue weighted by Gasteiger charge is 2.00. The molecule has 0 saturated heterocycles. The molecule has 0 bridgehead atoms. The first-order chi connectivity index (χ1) is 10.2. The summed E-state index contributed by atoms with van der Waals surface area (Å²) in [5.74, 6) is 0. The number of hydrogen-bond acceptors (Lipinski definition) is 1. The fraction of sp³-hybridized carbons (Fsp3) is 0. The van der Waals surface area contributed by atoms with Crippen LogP contribution in [0, 0.1) is 0 Å². The Hall–Kier alpha value is -2.41. The Morgan fingerprint density at radius 2 is 1.28 bits per heavy atom. The molecule has 0 aliphatic heterocycles. The van der Waals surface area contributed by atoms with Crippen LogP contribution in [0.2, 0.25) is 0 Å². The summed E-state index contributed by atoms with van der Waals surface area (Å²) in [6.07, 6.45) is 0.0288. The fourth-order valence-electron chi connectivity index (χ4n) is 1.76. The van der Waals surface area contributed by atoms with Crippen LogP contribution in [0.4, 0.5) is 0 Å². The molecule has 1 heterocycles. The van der Waals surface area contributed by atoms with Crippen LogP contribution in [-0.2, 0) is 0 Å². The Kier molecular flexibility index (Phi) is 2.11. The second-order valence-corrected chi connectivity index (χ2v) is 3.93. The summed E-state index contributed by atoms with van der Waals surface area (Å²) in [4.78, 5) is 4.24. The van der Waals surface area contributed by atoms with Crippen molar-refractivity contribution < 1.29 is 4.11 Å². The normalized spacial score (nSPS) is 12.6. The quantitative estimate of drug-likeness (QED) is 0.639. The van der Waals surface area contributed by atoms with Gasteiger partial charge in [0.2, 0.25) is 0 Å². The zero-order valence-corrected chi connectivity index (χ0v) is 9.72. The van der Waals surface area contributed by atoms with E-state index in [4.69, 9.17) is 4.11 Å². The molecule has 86 valence electrons. The van der Waals surface area contributed by atoms with E-state index >= 15 is 0 Å². The molecule has 0 spiro atoms. The standard InChI is InChI=1S/C17H13N/c1-3-7-14(8-4-1)16-11-12-17(18-13-16)15-9-5-2-6-10-15/h1-13H/i11D,12D,13D. The maximum Gasteiger partial charge on any atom is 0.0847 e. The molecule has 0 aliphatic carbocycles. The van der Waals surface area contributed by atoms with Gasteiger partial charge >= 0.3 is 0 Å². The van der Waals surface area contributed by atoms with Gasteiger partial charge in [0.05, 0.1) is 9.81 Å². The summed E-state index contributed by atoms with van der Waals surface area (Å²) < 4.78 is 24.5. The van der Waals surface area contributed by atoms with Gasteiger partial charge in [0.25, 0.3) is 0 Å². The molecule has 0 atom stereocenters. The van der Waals surface area contributed by atoms with E-state index in [1.807, 2.05) is 60.7 Å². The summed E-state index contributed by atoms with van der Waals surface area (Å²) in [5.41, 5.74) is 2.28. The van der Waals surface area contributed by atoms with Gasteiger partial charge in [-0.3, -0.25) is 4.98 Å². The monoisotopic (exact) mass is 234 g/mol. The molecule has 0 saturated carbocycles. The van der Waals surface area contributed by atoms with Gasteiger partial charge in [-0.15, -0.1) is 0 Å². The third-order valence-corrected chi connectivity index (χ3v) is 2.70. The molecule has 0 amide bonds. The van der Waals surface area contributed by atoms with Crippen LogP contribution in [0.25, 0.3) is 22.4 Å². The molecule has 0 fully saturated rings. The van der Waals surface area contributed by atoms with E-state index in [2.05, 4.69) is 4.98 Å². The number of benzene rings is 2. The lowest BCUT2D eigenvalue weighted by Gasteiger charge is -2.03. The highest BCUT2D eigenvalue weighted by Crippen LogP contribution is 2.21. The van der Waals surface area contributed by atoms with Gasteiger partial charge in [0.1, 0.15) is 0 Å². The number of hydrogen-bond donors (Lipinski definition) is 0. The fourth-order valence-corrected chi connectivity index (χ4v) is 1.76. The maximum atomic E-state index is 8.22. The highest BCUT2D eigenvalue weighted by atomic mass is 14.7. The Balaban J connectivity index is 2.22. The van der Waals surface area contributed by atoms with Crippen LogP contribution < -0.4 is 0 Å². The van der Waals surface area contributed by atoms with Crippen molar-refractivity contribution in [3.63, 3.8) is 0 Å². The lowest BCUT2D eigenvalue weighted by atomic mass is 10.1. The summed E-state index contributed by atoms with van der Waals surface area (Å²) in [7, 11) is 0. The Morgan fingerprint density at radius 3 is 1.94 bits per heavy atom. The number of pyridine rings is 1. The molecule has 0 aliphatic rings. The van der Waals surface area contributed by atoms with Crippen molar-refractivity contribution in [3.05, 3.63) is 78.9 Å². The van der Waals surface area contributed by atoms with Crippen LogP contribution in [0.1, 0.15) is 4.11 Å². The summed E-state index contributed by atoms with van der Waals surface area (Å²) in [6.45, 7) is 0. The van der Waals surface area contributed by atoms with Crippen molar-refractivity contribution in [2.45, 2.75) is 0 Å². The topological polar surface area (TPSA) is 12.9 Å². The van der Waals surface area contributed by atoms with Crippen LogP contribution in [0.15, 0.2) is 78.9 Å². The van der Waals surface area contributed by atoms with Crippen molar-refractivity contribution in [2.24, 2.45) is 0 Å². The summed E-state index contributed by atoms with van der Waals surface area (Å²) >= 11 is 0. The first-order valence-corrected chi connectivity index (χ1v) is 5.77. The van der Waals surface area contributed by atoms with Gasteiger partial charge in [-0.2, -0.15) is 0 Å². The van der Waals surface area contributed by atoms with Gasteiger partial charge in [0.15, 0.2) is 0 Å². The third kappa shape index (κ3) is 2.16. The third-order valence-electron chi connectivity index (χ3n) is 2.70. The molecule has 0 unspecified atom stereocenters. The molecular weight excluding hydrogens is 218 g/mol. The zero-order chi connectivity index (χ0) is 14.8. The van der Waals surface area contributed by atoms with Gasteiger partial charge in [0, 0.05) is 17.3 Å². The molecule has 1 aromatic heterocycles. The van der Waals surface area contributed by atoms with Crippen molar-refractivity contribution in [1.82, 2.24) is 4.98 Å². The van der Waals surface area contributed by atoms with E-state index in [9.17, 15) is 0 Å². The molecule has 1 heteroatoms. The molecule has 0 N–H and O–H groups in total. The lowest BCUT2D eigenvalue weighted by Crippen LogP contribution is -1.84. The second kappa shape index (κ2) is 4.84. The average Bonchev–Trinajstić information content (AvgIpc) is 2.53. The average molecular weight is 234 g/mol. The molecule has 18 heavy (non-hydrogen) atoms. The van der Waals surface area contributed by atoms with Gasteiger partial charge < -0.3 is 0 Å². The van der Waals surface area contributed by atoms with Crippen molar-refractivity contribution >= 4 is 0 Å². The summed E-state index contributed by atoms with van der Waals surface area (Å²) in [5, 5.41) is 0. The van der Waals surface area contributed by atoms with Crippen LogP contribution in [0.3, 0.4) is 0 Å². The maximum absolute atomic E-state index is 8.22. The SMILES string of the molecule is [2H]c1nc(-c2ccccc2)c([2H])c([2H])c1-c1ccccc1. The van der Waals surface area contributed by atoms with E-state index in [0.717, 1.165) is 11.1 Å². The van der Waals surface area contributed by atoms with E-state index in [1.165, 1.54) is 0 Å². The lowest BCUT2D eigenvalue weighted by molar-refractivity contribution is 1.32. The highest BCUT2D eigenvalue weighted by molar-refractivity contribution is 5.66. The van der Waals surface area contributed by atoms with Crippen molar-refractivity contribution in [1.29, 1.82) is 0 Å². The number of aromatic nitrogens is 1. The minimum Gasteiger partial charge on any atom is -0.256 e. The second-order valence-electron chi connectivity index (χ2n) is 3.93. The Bertz CT molecular complexity index is 771. The zero-order valence-electron chi connectivity index (χ0n) is 12.7.